The molecule has 4 rings (SSSR count). The fourth-order valence-corrected chi connectivity index (χ4v) is 10.7. The molecular weight excluding hydrogens is 639 g/mol. The van der Waals surface area contributed by atoms with Crippen LogP contribution >= 0.6 is 0 Å². The number of nitrogens with zero attached hydrogens (tertiary/aromatic N) is 1. The van der Waals surface area contributed by atoms with Crippen molar-refractivity contribution in [1.82, 2.24) is 0 Å². The Labute approximate surface area is 299 Å². The van der Waals surface area contributed by atoms with Gasteiger partial charge < -0.3 is 13.9 Å². The van der Waals surface area contributed by atoms with E-state index >= 15 is 0 Å². The summed E-state index contributed by atoms with van der Waals surface area (Å²) >= 11 is 0. The summed E-state index contributed by atoms with van der Waals surface area (Å²) in [6, 6.07) is 38.2. The Bertz CT molecular complexity index is 1650. The van der Waals surface area contributed by atoms with Gasteiger partial charge >= 0.3 is 0 Å². The molecule has 0 aliphatic rings. The Morgan fingerprint density at radius 3 is 1.82 bits per heavy atom. The van der Waals surface area contributed by atoms with E-state index in [0.29, 0.717) is 39.5 Å². The number of non-ortho nitro benzene ring substituents is 1. The molecule has 1 atom stereocenters. The molecular formula is C43H51NO5Si. The second kappa shape index (κ2) is 18.6. The standard InChI is InChI=1S/C43H51NO5Si/c1-42(2,3)50(40-21-11-7-12-22-40,41-23-13-8-14-24-41)49-35-38(34-48-33-36-18-9-6-10-19-36)20-17-30-43(4,5)29-15-16-31-47-32-37-25-27-39(28-26-37)44(45)46/h6-14,17-19,21-28,30,38H,20,29,31-35H2,1-5H3/b30-17-. The van der Waals surface area contributed by atoms with Crippen LogP contribution in [0.15, 0.2) is 127 Å². The molecule has 0 bridgehead atoms. The van der Waals surface area contributed by atoms with Gasteiger partial charge in [0.15, 0.2) is 0 Å². The van der Waals surface area contributed by atoms with Gasteiger partial charge in [0.05, 0.1) is 24.7 Å². The van der Waals surface area contributed by atoms with Gasteiger partial charge in [0.2, 0.25) is 0 Å². The van der Waals surface area contributed by atoms with Crippen molar-refractivity contribution in [2.45, 2.75) is 65.7 Å². The van der Waals surface area contributed by atoms with Gasteiger partial charge in [0.25, 0.3) is 14.0 Å². The summed E-state index contributed by atoms with van der Waals surface area (Å²) in [6.07, 6.45) is 6.03. The zero-order chi connectivity index (χ0) is 35.9. The number of rotatable bonds is 17. The highest BCUT2D eigenvalue weighted by Crippen LogP contribution is 2.37. The second-order valence-corrected chi connectivity index (χ2v) is 18.7. The normalized spacial score (nSPS) is 12.7. The molecule has 0 radical (unpaired) electrons. The number of nitro groups is 1. The highest BCUT2D eigenvalue weighted by atomic mass is 28.4. The Hall–Kier alpha value is -4.32. The zero-order valence-corrected chi connectivity index (χ0v) is 31.1. The minimum absolute atomic E-state index is 0.0709. The van der Waals surface area contributed by atoms with Crippen molar-refractivity contribution in [3.05, 3.63) is 149 Å². The molecule has 7 heteroatoms. The van der Waals surface area contributed by atoms with Gasteiger partial charge in [-0.1, -0.05) is 150 Å². The van der Waals surface area contributed by atoms with E-state index in [1.807, 2.05) is 18.2 Å². The summed E-state index contributed by atoms with van der Waals surface area (Å²) in [6.45, 7) is 13.7. The van der Waals surface area contributed by atoms with Gasteiger partial charge in [-0.25, -0.2) is 0 Å². The van der Waals surface area contributed by atoms with Crippen LogP contribution in [-0.2, 0) is 27.1 Å². The fourth-order valence-electron chi connectivity index (χ4n) is 6.02. The van der Waals surface area contributed by atoms with Crippen molar-refractivity contribution in [1.29, 1.82) is 0 Å². The second-order valence-electron chi connectivity index (χ2n) is 14.4. The average molecular weight is 690 g/mol. The summed E-state index contributed by atoms with van der Waals surface area (Å²) in [7, 11) is -2.69. The third-order valence-electron chi connectivity index (χ3n) is 8.72. The number of hydrogen-bond donors (Lipinski definition) is 0. The Morgan fingerprint density at radius 1 is 0.720 bits per heavy atom. The Morgan fingerprint density at radius 2 is 1.26 bits per heavy atom. The summed E-state index contributed by atoms with van der Waals surface area (Å²) in [5, 5.41) is 13.3. The molecule has 0 fully saturated rings. The van der Waals surface area contributed by atoms with E-state index in [9.17, 15) is 10.1 Å². The summed E-state index contributed by atoms with van der Waals surface area (Å²) in [5.74, 6) is 6.54. The van der Waals surface area contributed by atoms with Crippen LogP contribution in [0.5, 0.6) is 0 Å². The lowest BCUT2D eigenvalue weighted by Gasteiger charge is -2.43. The summed E-state index contributed by atoms with van der Waals surface area (Å²) < 4.78 is 19.3. The van der Waals surface area contributed by atoms with Crippen LogP contribution in [0.3, 0.4) is 0 Å². The molecule has 0 aromatic heterocycles. The van der Waals surface area contributed by atoms with Gasteiger partial charge in [-0.15, -0.1) is 0 Å². The number of ether oxygens (including phenoxy) is 2. The van der Waals surface area contributed by atoms with E-state index in [1.54, 1.807) is 12.1 Å². The highest BCUT2D eigenvalue weighted by Gasteiger charge is 2.50. The van der Waals surface area contributed by atoms with E-state index in [0.717, 1.165) is 17.5 Å². The van der Waals surface area contributed by atoms with Crippen molar-refractivity contribution in [3.63, 3.8) is 0 Å². The van der Waals surface area contributed by atoms with Crippen molar-refractivity contribution in [2.75, 3.05) is 19.8 Å². The van der Waals surface area contributed by atoms with Gasteiger partial charge in [-0.3, -0.25) is 10.1 Å². The third-order valence-corrected chi connectivity index (χ3v) is 13.7. The average Bonchev–Trinajstić information content (AvgIpc) is 3.10. The van der Waals surface area contributed by atoms with Crippen molar-refractivity contribution in [2.24, 2.45) is 11.3 Å². The van der Waals surface area contributed by atoms with Crippen molar-refractivity contribution < 1.29 is 18.8 Å². The van der Waals surface area contributed by atoms with Gasteiger partial charge in [0, 0.05) is 31.1 Å². The number of nitro benzene ring substituents is 1. The van der Waals surface area contributed by atoms with Crippen LogP contribution in [0, 0.1) is 33.3 Å². The summed E-state index contributed by atoms with van der Waals surface area (Å²) in [5.41, 5.74) is 1.98. The maximum atomic E-state index is 10.9. The molecule has 262 valence electrons. The first kappa shape index (κ1) is 38.5. The first-order valence-electron chi connectivity index (χ1n) is 17.3. The molecule has 50 heavy (non-hydrogen) atoms. The molecule has 0 spiro atoms. The molecule has 0 amide bonds. The molecule has 4 aromatic rings. The monoisotopic (exact) mass is 689 g/mol. The van der Waals surface area contributed by atoms with Crippen LogP contribution in [0.4, 0.5) is 5.69 Å². The first-order valence-corrected chi connectivity index (χ1v) is 19.2. The van der Waals surface area contributed by atoms with Gasteiger partial charge in [0.1, 0.15) is 6.61 Å². The first-order chi connectivity index (χ1) is 24.0. The van der Waals surface area contributed by atoms with Crippen LogP contribution in [0.2, 0.25) is 5.04 Å². The number of benzene rings is 4. The van der Waals surface area contributed by atoms with E-state index in [1.165, 1.54) is 22.5 Å². The van der Waals surface area contributed by atoms with E-state index < -0.39 is 13.2 Å². The lowest BCUT2D eigenvalue weighted by molar-refractivity contribution is -0.384. The molecule has 4 aromatic carbocycles. The molecule has 0 aliphatic heterocycles. The fraction of sp³-hybridized carbons (Fsp3) is 0.349. The predicted molar refractivity (Wildman–Crippen MR) is 206 cm³/mol. The molecule has 0 saturated heterocycles. The quantitative estimate of drug-likeness (QED) is 0.0277. The molecule has 0 aliphatic carbocycles. The molecule has 0 N–H and O–H groups in total. The maximum absolute atomic E-state index is 10.9. The van der Waals surface area contributed by atoms with Crippen LogP contribution < -0.4 is 10.4 Å². The largest absolute Gasteiger partial charge is 0.407 e. The zero-order valence-electron chi connectivity index (χ0n) is 30.1. The molecule has 0 saturated carbocycles. The number of allylic oxidation sites excluding steroid dienone is 2. The molecule has 0 heterocycles. The highest BCUT2D eigenvalue weighted by molar-refractivity contribution is 6.99. The lowest BCUT2D eigenvalue weighted by Crippen LogP contribution is -2.67. The topological polar surface area (TPSA) is 70.8 Å². The minimum atomic E-state index is -2.69. The molecule has 1 unspecified atom stereocenters. The van der Waals surface area contributed by atoms with Crippen LogP contribution in [0.1, 0.15) is 58.6 Å². The van der Waals surface area contributed by atoms with Gasteiger partial charge in [-0.05, 0) is 50.5 Å². The van der Waals surface area contributed by atoms with E-state index in [-0.39, 0.29) is 22.1 Å². The van der Waals surface area contributed by atoms with Gasteiger partial charge in [-0.2, -0.15) is 0 Å². The van der Waals surface area contributed by atoms with Crippen LogP contribution in [0.25, 0.3) is 0 Å². The smallest absolute Gasteiger partial charge is 0.269 e. The third kappa shape index (κ3) is 11.4. The SMILES string of the molecule is CC(C)(/C=C\CC(COCc1ccccc1)CO[Si](c1ccccc1)(c1ccccc1)C(C)(C)C)CC#CCOCc1ccc([N+](=O)[O-])cc1. The van der Waals surface area contributed by atoms with Crippen molar-refractivity contribution in [3.8, 4) is 11.8 Å². The Balaban J connectivity index is 1.42. The molecule has 6 nitrogen and oxygen atoms in total. The summed E-state index contributed by atoms with van der Waals surface area (Å²) in [4.78, 5) is 10.4. The van der Waals surface area contributed by atoms with E-state index in [2.05, 4.69) is 131 Å². The predicted octanol–water partition coefficient (Wildman–Crippen LogP) is 8.89. The van der Waals surface area contributed by atoms with Crippen LogP contribution in [-0.4, -0.2) is 33.1 Å². The van der Waals surface area contributed by atoms with Crippen molar-refractivity contribution >= 4 is 24.4 Å². The Kier molecular flexibility index (Phi) is 14.3. The lowest BCUT2D eigenvalue weighted by atomic mass is 9.88. The van der Waals surface area contributed by atoms with E-state index in [4.69, 9.17) is 13.9 Å². The minimum Gasteiger partial charge on any atom is -0.407 e. The maximum Gasteiger partial charge on any atom is 0.269 e. The number of hydrogen-bond acceptors (Lipinski definition) is 5.